The first-order chi connectivity index (χ1) is 11.7. The molecule has 4 aliphatic carbocycles. The largest absolute Gasteiger partial charge is 0.469 e. The number of methoxy groups -OCH3 is 1. The molecule has 2 bridgehead atoms. The van der Waals surface area contributed by atoms with Crippen molar-refractivity contribution in [3.8, 4) is 0 Å². The zero-order chi connectivity index (χ0) is 16.7. The van der Waals surface area contributed by atoms with Gasteiger partial charge in [-0.25, -0.2) is 4.79 Å². The van der Waals surface area contributed by atoms with Crippen LogP contribution in [0.3, 0.4) is 0 Å². The highest BCUT2D eigenvalue weighted by atomic mass is 16.5. The molecule has 24 heavy (non-hydrogen) atoms. The highest BCUT2D eigenvalue weighted by molar-refractivity contribution is 5.77. The van der Waals surface area contributed by atoms with Crippen LogP contribution >= 0.6 is 0 Å². The second-order valence-electron chi connectivity index (χ2n) is 6.88. The zero-order valence-electron chi connectivity index (χ0n) is 13.6. The van der Waals surface area contributed by atoms with E-state index in [0.29, 0.717) is 11.8 Å². The number of rotatable bonds is 4. The van der Waals surface area contributed by atoms with Crippen LogP contribution < -0.4 is 5.32 Å². The predicted molar refractivity (Wildman–Crippen MR) is 86.8 cm³/mol. The van der Waals surface area contributed by atoms with E-state index in [1.807, 2.05) is 30.3 Å². The highest BCUT2D eigenvalue weighted by Crippen LogP contribution is 2.61. The standard InChI is InChI=1S/C19H21NO4/c1-23-18(21)16-12-7-8-13(15-9-14(12)15)17(16)20-19(22)24-10-11-5-3-2-4-6-11/h2-8,12-17H,9-10H2,1H3,(H,20,22). The Balaban J connectivity index is 1.43. The maximum Gasteiger partial charge on any atom is 0.407 e. The van der Waals surface area contributed by atoms with Crippen LogP contribution in [0.1, 0.15) is 12.0 Å². The fourth-order valence-corrected chi connectivity index (χ4v) is 4.44. The van der Waals surface area contributed by atoms with Crippen molar-refractivity contribution in [2.24, 2.45) is 29.6 Å². The molecule has 1 aromatic rings. The van der Waals surface area contributed by atoms with Crippen molar-refractivity contribution in [3.63, 3.8) is 0 Å². The number of amides is 1. The van der Waals surface area contributed by atoms with Gasteiger partial charge < -0.3 is 14.8 Å². The number of hydrogen-bond acceptors (Lipinski definition) is 4. The average molecular weight is 327 g/mol. The van der Waals surface area contributed by atoms with Gasteiger partial charge in [0.05, 0.1) is 19.1 Å². The molecule has 5 nitrogen and oxygen atoms in total. The number of allylic oxidation sites excluding steroid dienone is 1. The molecule has 1 amide bonds. The van der Waals surface area contributed by atoms with E-state index < -0.39 is 6.09 Å². The van der Waals surface area contributed by atoms with Crippen LogP contribution in [-0.2, 0) is 20.9 Å². The molecule has 0 spiro atoms. The molecule has 4 aliphatic rings. The van der Waals surface area contributed by atoms with Gasteiger partial charge in [0, 0.05) is 5.92 Å². The van der Waals surface area contributed by atoms with Gasteiger partial charge in [0.1, 0.15) is 6.61 Å². The summed E-state index contributed by atoms with van der Waals surface area (Å²) in [5.41, 5.74) is 0.935. The van der Waals surface area contributed by atoms with Crippen molar-refractivity contribution >= 4 is 12.1 Å². The van der Waals surface area contributed by atoms with Gasteiger partial charge in [-0.3, -0.25) is 4.79 Å². The number of ether oxygens (including phenoxy) is 2. The Kier molecular flexibility index (Phi) is 3.79. The Labute approximate surface area is 141 Å². The molecule has 6 atom stereocenters. The molecule has 2 fully saturated rings. The molecule has 0 heterocycles. The molecule has 5 heteroatoms. The number of benzene rings is 1. The first-order valence-corrected chi connectivity index (χ1v) is 8.42. The number of nitrogens with one attached hydrogen (secondary N) is 1. The summed E-state index contributed by atoms with van der Waals surface area (Å²) in [5.74, 6) is 0.981. The minimum atomic E-state index is -0.476. The van der Waals surface area contributed by atoms with E-state index in [1.165, 1.54) is 7.11 Å². The third-order valence-electron chi connectivity index (χ3n) is 5.62. The lowest BCUT2D eigenvalue weighted by atomic mass is 9.66. The molecule has 0 aliphatic heterocycles. The smallest absolute Gasteiger partial charge is 0.407 e. The molecule has 0 saturated heterocycles. The molecule has 1 N–H and O–H groups in total. The van der Waals surface area contributed by atoms with E-state index in [4.69, 9.17) is 9.47 Å². The molecule has 0 aromatic heterocycles. The molecule has 5 rings (SSSR count). The van der Waals surface area contributed by atoms with Crippen LogP contribution in [-0.4, -0.2) is 25.2 Å². The Morgan fingerprint density at radius 1 is 1.12 bits per heavy atom. The van der Waals surface area contributed by atoms with Crippen molar-refractivity contribution in [1.82, 2.24) is 5.32 Å². The van der Waals surface area contributed by atoms with E-state index >= 15 is 0 Å². The summed E-state index contributed by atoms with van der Waals surface area (Å²) in [6.07, 6.45) is 4.94. The van der Waals surface area contributed by atoms with Crippen LogP contribution in [0.25, 0.3) is 0 Å². The minimum absolute atomic E-state index is 0.173. The zero-order valence-corrected chi connectivity index (χ0v) is 13.6. The Morgan fingerprint density at radius 3 is 2.58 bits per heavy atom. The number of carbonyl (C=O) groups excluding carboxylic acids is 2. The quantitative estimate of drug-likeness (QED) is 0.682. The summed E-state index contributed by atoms with van der Waals surface area (Å²) in [5, 5.41) is 2.93. The van der Waals surface area contributed by atoms with E-state index in [1.54, 1.807) is 0 Å². The summed E-state index contributed by atoms with van der Waals surface area (Å²) in [6, 6.07) is 9.31. The SMILES string of the molecule is COC(=O)C1C2C=CC(C3CC23)C1NC(=O)OCc1ccccc1. The summed E-state index contributed by atoms with van der Waals surface area (Å²) >= 11 is 0. The second-order valence-corrected chi connectivity index (χ2v) is 6.88. The van der Waals surface area contributed by atoms with E-state index in [0.717, 1.165) is 12.0 Å². The van der Waals surface area contributed by atoms with Gasteiger partial charge in [-0.05, 0) is 29.7 Å². The van der Waals surface area contributed by atoms with Crippen molar-refractivity contribution in [2.75, 3.05) is 7.11 Å². The topological polar surface area (TPSA) is 64.6 Å². The van der Waals surface area contributed by atoms with Crippen molar-refractivity contribution in [2.45, 2.75) is 19.1 Å². The normalized spacial score (nSPS) is 35.0. The lowest BCUT2D eigenvalue weighted by Crippen LogP contribution is -2.55. The third-order valence-corrected chi connectivity index (χ3v) is 5.62. The number of carbonyl (C=O) groups is 2. The fraction of sp³-hybridized carbons (Fsp3) is 0.474. The van der Waals surface area contributed by atoms with E-state index in [2.05, 4.69) is 17.5 Å². The highest BCUT2D eigenvalue weighted by Gasteiger charge is 2.61. The summed E-state index contributed by atoms with van der Waals surface area (Å²) in [4.78, 5) is 24.5. The first kappa shape index (κ1) is 15.2. The molecule has 2 saturated carbocycles. The third kappa shape index (κ3) is 2.58. The monoisotopic (exact) mass is 327 g/mol. The van der Waals surface area contributed by atoms with Gasteiger partial charge >= 0.3 is 12.1 Å². The summed E-state index contributed by atoms with van der Waals surface area (Å²) < 4.78 is 10.3. The van der Waals surface area contributed by atoms with Crippen LogP contribution in [0.4, 0.5) is 4.79 Å². The van der Waals surface area contributed by atoms with Crippen molar-refractivity contribution in [1.29, 1.82) is 0 Å². The van der Waals surface area contributed by atoms with Gasteiger partial charge in [-0.15, -0.1) is 0 Å². The molecular weight excluding hydrogens is 306 g/mol. The fourth-order valence-electron chi connectivity index (χ4n) is 4.44. The van der Waals surface area contributed by atoms with Crippen LogP contribution in [0.5, 0.6) is 0 Å². The number of fused-ring (bicyclic) bond motifs is 1. The summed E-state index contributed by atoms with van der Waals surface area (Å²) in [7, 11) is 1.41. The maximum absolute atomic E-state index is 12.2. The number of hydrogen-bond donors (Lipinski definition) is 1. The van der Waals surface area contributed by atoms with Crippen LogP contribution in [0.2, 0.25) is 0 Å². The van der Waals surface area contributed by atoms with Gasteiger partial charge in [0.15, 0.2) is 0 Å². The average Bonchev–Trinajstić information content (AvgIpc) is 3.42. The molecule has 1 aromatic carbocycles. The van der Waals surface area contributed by atoms with Gasteiger partial charge in [0.2, 0.25) is 0 Å². The first-order valence-electron chi connectivity index (χ1n) is 8.42. The molecule has 6 unspecified atom stereocenters. The summed E-state index contributed by atoms with van der Waals surface area (Å²) in [6.45, 7) is 0.221. The maximum atomic E-state index is 12.2. The Hall–Kier alpha value is -2.30. The van der Waals surface area contributed by atoms with Gasteiger partial charge in [-0.2, -0.15) is 0 Å². The Morgan fingerprint density at radius 2 is 1.83 bits per heavy atom. The molecular formula is C19H21NO4. The Bertz CT molecular complexity index is 671. The van der Waals surface area contributed by atoms with Crippen LogP contribution in [0, 0.1) is 29.6 Å². The predicted octanol–water partition coefficient (Wildman–Crippen LogP) is 2.52. The second kappa shape index (κ2) is 5.96. The minimum Gasteiger partial charge on any atom is -0.469 e. The molecule has 0 radical (unpaired) electrons. The van der Waals surface area contributed by atoms with Crippen molar-refractivity contribution < 1.29 is 19.1 Å². The van der Waals surface area contributed by atoms with Gasteiger partial charge in [-0.1, -0.05) is 42.5 Å². The van der Waals surface area contributed by atoms with Gasteiger partial charge in [0.25, 0.3) is 0 Å². The lowest BCUT2D eigenvalue weighted by molar-refractivity contribution is -0.150. The lowest BCUT2D eigenvalue weighted by Gasteiger charge is -2.43. The van der Waals surface area contributed by atoms with E-state index in [9.17, 15) is 9.59 Å². The van der Waals surface area contributed by atoms with E-state index in [-0.39, 0.29) is 36.4 Å². The van der Waals surface area contributed by atoms with Crippen LogP contribution in [0.15, 0.2) is 42.5 Å². The number of alkyl carbamates (subject to hydrolysis) is 1. The van der Waals surface area contributed by atoms with Crippen molar-refractivity contribution in [3.05, 3.63) is 48.0 Å². The number of esters is 1. The molecule has 126 valence electrons.